The summed E-state index contributed by atoms with van der Waals surface area (Å²) in [7, 11) is 1.53. The van der Waals surface area contributed by atoms with Gasteiger partial charge in [0.2, 0.25) is 0 Å². The van der Waals surface area contributed by atoms with Gasteiger partial charge in [0.25, 0.3) is 0 Å². The van der Waals surface area contributed by atoms with Gasteiger partial charge in [-0.2, -0.15) is 0 Å². The van der Waals surface area contributed by atoms with Crippen LogP contribution in [0.25, 0.3) is 0 Å². The molecule has 1 aromatic rings. The molecular formula is C10H12N2O2. The van der Waals surface area contributed by atoms with E-state index in [1.54, 1.807) is 0 Å². The van der Waals surface area contributed by atoms with E-state index in [2.05, 4.69) is 10.5 Å². The lowest BCUT2D eigenvalue weighted by molar-refractivity contribution is 0.119. The monoisotopic (exact) mass is 192 g/mol. The summed E-state index contributed by atoms with van der Waals surface area (Å²) in [6, 6.07) is 10.6. The number of ether oxygens (including phenoxy) is 1. The molecule has 14 heavy (non-hydrogen) atoms. The van der Waals surface area contributed by atoms with Crippen LogP contribution in [0.3, 0.4) is 0 Å². The lowest BCUT2D eigenvalue weighted by Crippen LogP contribution is -2.21. The van der Waals surface area contributed by atoms with Gasteiger partial charge in [-0.25, -0.2) is 10.5 Å². The molecule has 1 aromatic carbocycles. The lowest BCUT2D eigenvalue weighted by atomic mass is 10.1. The molecule has 0 aliphatic carbocycles. The molecule has 1 heterocycles. The van der Waals surface area contributed by atoms with Gasteiger partial charge in [-0.3, -0.25) is 4.84 Å². The van der Waals surface area contributed by atoms with Crippen LogP contribution < -0.4 is 5.48 Å². The molecule has 4 heteroatoms. The molecule has 0 spiro atoms. The first-order valence-electron chi connectivity index (χ1n) is 4.44. The van der Waals surface area contributed by atoms with Crippen LogP contribution in [0.1, 0.15) is 11.6 Å². The Bertz CT molecular complexity index is 324. The maximum absolute atomic E-state index is 5.27. The minimum atomic E-state index is 0.0776. The fourth-order valence-electron chi connectivity index (χ4n) is 1.36. The average Bonchev–Trinajstić information content (AvgIpc) is 2.68. The zero-order valence-corrected chi connectivity index (χ0v) is 7.93. The van der Waals surface area contributed by atoms with E-state index in [0.717, 1.165) is 5.56 Å². The molecule has 0 radical (unpaired) electrons. The first-order valence-corrected chi connectivity index (χ1v) is 4.44. The Morgan fingerprint density at radius 2 is 2.21 bits per heavy atom. The van der Waals surface area contributed by atoms with Crippen molar-refractivity contribution in [2.75, 3.05) is 13.7 Å². The third kappa shape index (κ3) is 1.85. The third-order valence-corrected chi connectivity index (χ3v) is 2.02. The number of rotatable bonds is 2. The second-order valence-corrected chi connectivity index (χ2v) is 2.98. The Morgan fingerprint density at radius 1 is 1.43 bits per heavy atom. The van der Waals surface area contributed by atoms with E-state index in [0.29, 0.717) is 12.6 Å². The first kappa shape index (κ1) is 9.02. The summed E-state index contributed by atoms with van der Waals surface area (Å²) in [5.41, 5.74) is 3.73. The second kappa shape index (κ2) is 4.11. The van der Waals surface area contributed by atoms with Crippen molar-refractivity contribution in [1.82, 2.24) is 5.48 Å². The highest BCUT2D eigenvalue weighted by molar-refractivity contribution is 5.74. The topological polar surface area (TPSA) is 42.8 Å². The Balaban J connectivity index is 2.08. The normalized spacial score (nSPS) is 20.1. The molecule has 0 fully saturated rings. The summed E-state index contributed by atoms with van der Waals surface area (Å²) in [5.74, 6) is 0. The van der Waals surface area contributed by atoms with Crippen molar-refractivity contribution in [1.29, 1.82) is 0 Å². The average molecular weight is 192 g/mol. The van der Waals surface area contributed by atoms with Crippen molar-refractivity contribution >= 4 is 6.02 Å². The maximum atomic E-state index is 5.27. The van der Waals surface area contributed by atoms with Crippen LogP contribution in [0.5, 0.6) is 0 Å². The van der Waals surface area contributed by atoms with Gasteiger partial charge < -0.3 is 4.74 Å². The van der Waals surface area contributed by atoms with Gasteiger partial charge in [-0.1, -0.05) is 30.3 Å². The highest BCUT2D eigenvalue weighted by Crippen LogP contribution is 2.21. The van der Waals surface area contributed by atoms with Crippen molar-refractivity contribution in [2.24, 2.45) is 4.99 Å². The Hall–Kier alpha value is -1.55. The molecule has 2 rings (SSSR count). The molecule has 0 saturated carbocycles. The van der Waals surface area contributed by atoms with Crippen LogP contribution in [-0.2, 0) is 9.57 Å². The number of hydroxylamine groups is 1. The summed E-state index contributed by atoms with van der Waals surface area (Å²) in [5, 5.41) is 0. The van der Waals surface area contributed by atoms with E-state index in [1.807, 2.05) is 30.3 Å². The molecule has 1 atom stereocenters. The zero-order valence-electron chi connectivity index (χ0n) is 7.93. The van der Waals surface area contributed by atoms with Gasteiger partial charge in [0.05, 0.1) is 7.11 Å². The Kier molecular flexibility index (Phi) is 2.65. The van der Waals surface area contributed by atoms with Gasteiger partial charge in [0, 0.05) is 0 Å². The quantitative estimate of drug-likeness (QED) is 0.717. The molecule has 0 unspecified atom stereocenters. The van der Waals surface area contributed by atoms with Gasteiger partial charge in [-0.05, 0) is 5.56 Å². The molecule has 0 aromatic heterocycles. The fourth-order valence-corrected chi connectivity index (χ4v) is 1.36. The number of nitrogens with zero attached hydrogens (tertiary/aromatic N) is 1. The number of hydrogen-bond donors (Lipinski definition) is 1. The highest BCUT2D eigenvalue weighted by atomic mass is 16.7. The van der Waals surface area contributed by atoms with Crippen molar-refractivity contribution in [3.63, 3.8) is 0 Å². The predicted octanol–water partition coefficient (Wildman–Crippen LogP) is 1.26. The summed E-state index contributed by atoms with van der Waals surface area (Å²) in [6.07, 6.45) is 0. The van der Waals surface area contributed by atoms with Crippen molar-refractivity contribution in [2.45, 2.75) is 6.04 Å². The molecule has 1 aliphatic rings. The summed E-state index contributed by atoms with van der Waals surface area (Å²) < 4.78 is 5.27. The molecular weight excluding hydrogens is 180 g/mol. The van der Waals surface area contributed by atoms with Crippen LogP contribution in [0.15, 0.2) is 35.3 Å². The van der Waals surface area contributed by atoms with Gasteiger partial charge in [0.15, 0.2) is 0 Å². The molecule has 74 valence electrons. The van der Waals surface area contributed by atoms with Crippen molar-refractivity contribution in [3.8, 4) is 0 Å². The number of hydrogen-bond acceptors (Lipinski definition) is 4. The fraction of sp³-hybridized carbons (Fsp3) is 0.300. The second-order valence-electron chi connectivity index (χ2n) is 2.98. The van der Waals surface area contributed by atoms with E-state index in [9.17, 15) is 0 Å². The first-order chi connectivity index (χ1) is 6.90. The number of nitrogens with one attached hydrogen (secondary N) is 1. The zero-order chi connectivity index (χ0) is 9.80. The minimum absolute atomic E-state index is 0.0776. The van der Waals surface area contributed by atoms with E-state index in [4.69, 9.17) is 9.57 Å². The summed E-state index contributed by atoms with van der Waals surface area (Å²) >= 11 is 0. The van der Waals surface area contributed by atoms with Crippen LogP contribution in [-0.4, -0.2) is 19.7 Å². The molecule has 1 aliphatic heterocycles. The highest BCUT2D eigenvalue weighted by Gasteiger charge is 2.19. The van der Waals surface area contributed by atoms with Crippen LogP contribution >= 0.6 is 0 Å². The van der Waals surface area contributed by atoms with Gasteiger partial charge in [-0.15, -0.1) is 0 Å². The smallest absolute Gasteiger partial charge is 0.310 e. The largest absolute Gasteiger partial charge is 0.461 e. The standard InChI is InChI=1S/C10H12N2O2/c1-13-12-10-11-9(7-14-10)8-5-3-2-4-6-8/h2-6,9H,7H2,1H3,(H,11,12)/t9-/m0/s1. The lowest BCUT2D eigenvalue weighted by Gasteiger charge is -2.03. The summed E-state index contributed by atoms with van der Waals surface area (Å²) in [6.45, 7) is 0.565. The minimum Gasteiger partial charge on any atom is -0.461 e. The van der Waals surface area contributed by atoms with Crippen LogP contribution in [0.2, 0.25) is 0 Å². The third-order valence-electron chi connectivity index (χ3n) is 2.02. The van der Waals surface area contributed by atoms with E-state index < -0.39 is 0 Å². The SMILES string of the molecule is CONC1=N[C@H](c2ccccc2)CO1. The molecule has 0 saturated heterocycles. The van der Waals surface area contributed by atoms with Crippen molar-refractivity contribution < 1.29 is 9.57 Å². The van der Waals surface area contributed by atoms with E-state index in [-0.39, 0.29) is 6.04 Å². The molecule has 0 amide bonds. The summed E-state index contributed by atoms with van der Waals surface area (Å²) in [4.78, 5) is 9.01. The number of amidine groups is 1. The Morgan fingerprint density at radius 3 is 2.93 bits per heavy atom. The molecule has 0 bridgehead atoms. The van der Waals surface area contributed by atoms with Crippen LogP contribution in [0, 0.1) is 0 Å². The van der Waals surface area contributed by atoms with Crippen LogP contribution in [0.4, 0.5) is 0 Å². The molecule has 1 N–H and O–H groups in total. The number of benzene rings is 1. The van der Waals surface area contributed by atoms with Gasteiger partial charge >= 0.3 is 6.02 Å². The predicted molar refractivity (Wildman–Crippen MR) is 52.7 cm³/mol. The van der Waals surface area contributed by atoms with E-state index in [1.165, 1.54) is 7.11 Å². The van der Waals surface area contributed by atoms with E-state index >= 15 is 0 Å². The maximum Gasteiger partial charge on any atom is 0.310 e. The molecule has 4 nitrogen and oxygen atoms in total. The van der Waals surface area contributed by atoms with Gasteiger partial charge in [0.1, 0.15) is 12.6 Å². The Labute approximate surface area is 82.5 Å². The van der Waals surface area contributed by atoms with Crippen molar-refractivity contribution in [3.05, 3.63) is 35.9 Å². The number of aliphatic imine (C=N–C) groups is 1.